The van der Waals surface area contributed by atoms with Gasteiger partial charge in [0.05, 0.1) is 25.8 Å². The van der Waals surface area contributed by atoms with Crippen molar-refractivity contribution >= 4 is 11.8 Å². The molecule has 0 radical (unpaired) electrons. The van der Waals surface area contributed by atoms with E-state index in [9.17, 15) is 9.59 Å². The lowest BCUT2D eigenvalue weighted by atomic mass is 9.76. The molecular weight excluding hydrogens is 434 g/mol. The van der Waals surface area contributed by atoms with Gasteiger partial charge in [-0.1, -0.05) is 27.7 Å². The third-order valence-electron chi connectivity index (χ3n) is 8.01. The molecule has 0 aromatic carbocycles. The van der Waals surface area contributed by atoms with Gasteiger partial charge in [0.25, 0.3) is 0 Å². The molecule has 2 amide bonds. The van der Waals surface area contributed by atoms with E-state index in [1.54, 1.807) is 0 Å². The van der Waals surface area contributed by atoms with Crippen LogP contribution >= 0.6 is 0 Å². The Hall–Kier alpha value is -2.00. The first kappa shape index (κ1) is 25.1. The number of carbonyl (C=O) groups excluding carboxylic acids is 2. The van der Waals surface area contributed by atoms with Crippen molar-refractivity contribution in [3.05, 3.63) is 11.8 Å². The summed E-state index contributed by atoms with van der Waals surface area (Å²) in [5, 5.41) is 8.65. The smallest absolute Gasteiger partial charge is 0.236 e. The number of hydrogen-bond acceptors (Lipinski definition) is 7. The quantitative estimate of drug-likeness (QED) is 0.599. The fourth-order valence-electron chi connectivity index (χ4n) is 5.72. The molecule has 9 heteroatoms. The van der Waals surface area contributed by atoms with E-state index < -0.39 is 0 Å². The molecule has 1 aromatic rings. The fourth-order valence-corrected chi connectivity index (χ4v) is 5.72. The lowest BCUT2D eigenvalue weighted by Gasteiger charge is -2.40. The summed E-state index contributed by atoms with van der Waals surface area (Å²) in [5.74, 6) is 1.98. The van der Waals surface area contributed by atoms with Gasteiger partial charge in [-0.25, -0.2) is 0 Å². The molecule has 9 nitrogen and oxygen atoms in total. The fraction of sp³-hybridized carbons (Fsp3) is 0.840. The lowest BCUT2D eigenvalue weighted by Crippen LogP contribution is -2.48. The molecular formula is C25H41N5O4. The van der Waals surface area contributed by atoms with Gasteiger partial charge in [0.1, 0.15) is 0 Å². The van der Waals surface area contributed by atoms with Gasteiger partial charge in [-0.05, 0) is 37.5 Å². The van der Waals surface area contributed by atoms with Crippen LogP contribution in [0.1, 0.15) is 83.5 Å². The second-order valence-electron chi connectivity index (χ2n) is 10.6. The van der Waals surface area contributed by atoms with Crippen LogP contribution in [-0.2, 0) is 14.3 Å². The molecule has 4 heterocycles. The monoisotopic (exact) mass is 475 g/mol. The van der Waals surface area contributed by atoms with Crippen LogP contribution in [0.15, 0.2) is 4.42 Å². The van der Waals surface area contributed by atoms with Crippen LogP contribution in [-0.4, -0.2) is 89.2 Å². The van der Waals surface area contributed by atoms with Crippen molar-refractivity contribution in [3.63, 3.8) is 0 Å². The Labute approximate surface area is 203 Å². The van der Waals surface area contributed by atoms with Gasteiger partial charge in [-0.2, -0.15) is 0 Å². The number of piperidine rings is 1. The molecule has 3 fully saturated rings. The van der Waals surface area contributed by atoms with Gasteiger partial charge in [0.15, 0.2) is 0 Å². The maximum Gasteiger partial charge on any atom is 0.236 e. The molecule has 3 aliphatic heterocycles. The van der Waals surface area contributed by atoms with E-state index in [0.29, 0.717) is 50.5 Å². The van der Waals surface area contributed by atoms with Crippen LogP contribution in [0, 0.1) is 11.3 Å². The summed E-state index contributed by atoms with van der Waals surface area (Å²) >= 11 is 0. The molecule has 1 atom stereocenters. The Morgan fingerprint density at radius 3 is 2.29 bits per heavy atom. The maximum absolute atomic E-state index is 13.1. The van der Waals surface area contributed by atoms with Crippen LogP contribution in [0.4, 0.5) is 0 Å². The first-order chi connectivity index (χ1) is 16.4. The van der Waals surface area contributed by atoms with E-state index in [1.165, 1.54) is 0 Å². The molecule has 3 aliphatic rings. The topological polar surface area (TPSA) is 92.0 Å². The van der Waals surface area contributed by atoms with E-state index in [-0.39, 0.29) is 29.2 Å². The van der Waals surface area contributed by atoms with Crippen LogP contribution in [0.2, 0.25) is 0 Å². The van der Waals surface area contributed by atoms with Gasteiger partial charge in [0, 0.05) is 44.6 Å². The highest BCUT2D eigenvalue weighted by molar-refractivity contribution is 5.79. The molecule has 34 heavy (non-hydrogen) atoms. The molecule has 0 bridgehead atoms. The second-order valence-corrected chi connectivity index (χ2v) is 10.6. The summed E-state index contributed by atoms with van der Waals surface area (Å²) in [4.78, 5) is 32.2. The summed E-state index contributed by atoms with van der Waals surface area (Å²) in [6.07, 6.45) is 4.57. The SMILES string of the molecule is CCC(CC)C(=O)N1CCC2(CC1)CC(c1nnc(C(C)C)o1)N(CC(=O)N1CCOCC1)C2. The summed E-state index contributed by atoms with van der Waals surface area (Å²) < 4.78 is 11.5. The third kappa shape index (κ3) is 5.30. The molecule has 1 aromatic heterocycles. The Morgan fingerprint density at radius 1 is 1.03 bits per heavy atom. The van der Waals surface area contributed by atoms with Gasteiger partial charge in [0.2, 0.25) is 23.6 Å². The second kappa shape index (κ2) is 10.7. The number of ether oxygens (including phenoxy) is 1. The third-order valence-corrected chi connectivity index (χ3v) is 8.01. The van der Waals surface area contributed by atoms with Crippen molar-refractivity contribution in [1.82, 2.24) is 24.9 Å². The van der Waals surface area contributed by atoms with Gasteiger partial charge < -0.3 is 19.0 Å². The first-order valence-electron chi connectivity index (χ1n) is 13.1. The van der Waals surface area contributed by atoms with E-state index in [0.717, 1.165) is 51.7 Å². The Bertz CT molecular complexity index is 838. The normalized spacial score (nSPS) is 23.4. The van der Waals surface area contributed by atoms with Crippen LogP contribution in [0.3, 0.4) is 0 Å². The Kier molecular flexibility index (Phi) is 7.92. The van der Waals surface area contributed by atoms with Gasteiger partial charge >= 0.3 is 0 Å². The highest BCUT2D eigenvalue weighted by Crippen LogP contribution is 2.49. The van der Waals surface area contributed by atoms with Crippen LogP contribution in [0.25, 0.3) is 0 Å². The minimum Gasteiger partial charge on any atom is -0.423 e. The van der Waals surface area contributed by atoms with Crippen molar-refractivity contribution in [2.45, 2.75) is 71.8 Å². The highest BCUT2D eigenvalue weighted by Gasteiger charge is 2.49. The zero-order valence-corrected chi connectivity index (χ0v) is 21.3. The first-order valence-corrected chi connectivity index (χ1v) is 13.1. The molecule has 1 unspecified atom stereocenters. The van der Waals surface area contributed by atoms with E-state index >= 15 is 0 Å². The number of rotatable bonds is 7. The van der Waals surface area contributed by atoms with E-state index in [4.69, 9.17) is 9.15 Å². The minimum atomic E-state index is -0.0636. The summed E-state index contributed by atoms with van der Waals surface area (Å²) in [5.41, 5.74) is 0.0626. The molecule has 1 spiro atoms. The maximum atomic E-state index is 13.1. The van der Waals surface area contributed by atoms with E-state index in [1.807, 2.05) is 18.7 Å². The largest absolute Gasteiger partial charge is 0.423 e. The molecule has 190 valence electrons. The highest BCUT2D eigenvalue weighted by atomic mass is 16.5. The molecule has 0 N–H and O–H groups in total. The Balaban J connectivity index is 1.48. The van der Waals surface area contributed by atoms with Gasteiger partial charge in [-0.15, -0.1) is 10.2 Å². The minimum absolute atomic E-state index is 0.0626. The molecule has 4 rings (SSSR count). The molecule has 0 aliphatic carbocycles. The average molecular weight is 476 g/mol. The average Bonchev–Trinajstić information content (AvgIpc) is 3.46. The number of hydrogen-bond donors (Lipinski definition) is 0. The standard InChI is InChI=1S/C25H41N5O4/c1-5-19(6-2)24(32)29-9-7-25(8-10-29)15-20(23-27-26-22(34-23)18(3)4)30(17-25)16-21(31)28-11-13-33-14-12-28/h18-20H,5-17H2,1-4H3. The van der Waals surface area contributed by atoms with Crippen molar-refractivity contribution < 1.29 is 18.7 Å². The number of carbonyl (C=O) groups is 2. The van der Waals surface area contributed by atoms with Crippen LogP contribution < -0.4 is 0 Å². The van der Waals surface area contributed by atoms with Crippen molar-refractivity contribution in [2.75, 3.05) is 52.5 Å². The van der Waals surface area contributed by atoms with Crippen molar-refractivity contribution in [2.24, 2.45) is 11.3 Å². The number of aromatic nitrogens is 2. The predicted octanol–water partition coefficient (Wildman–Crippen LogP) is 2.84. The zero-order valence-electron chi connectivity index (χ0n) is 21.3. The number of morpholine rings is 1. The summed E-state index contributed by atoms with van der Waals surface area (Å²) in [6, 6.07) is -0.0636. The summed E-state index contributed by atoms with van der Waals surface area (Å²) in [6.45, 7) is 13.5. The molecule has 0 saturated carbocycles. The number of amides is 2. The number of nitrogens with zero attached hydrogens (tertiary/aromatic N) is 5. The lowest BCUT2D eigenvalue weighted by molar-refractivity contribution is -0.138. The zero-order chi connectivity index (χ0) is 24.3. The van der Waals surface area contributed by atoms with Crippen LogP contribution in [0.5, 0.6) is 0 Å². The number of likely N-dealkylation sites (tertiary alicyclic amines) is 2. The van der Waals surface area contributed by atoms with E-state index in [2.05, 4.69) is 33.8 Å². The molecule has 3 saturated heterocycles. The Morgan fingerprint density at radius 2 is 1.71 bits per heavy atom. The van der Waals surface area contributed by atoms with Crippen molar-refractivity contribution in [1.29, 1.82) is 0 Å². The summed E-state index contributed by atoms with van der Waals surface area (Å²) in [7, 11) is 0. The van der Waals surface area contributed by atoms with Gasteiger partial charge in [-0.3, -0.25) is 14.5 Å². The van der Waals surface area contributed by atoms with Crippen molar-refractivity contribution in [3.8, 4) is 0 Å². The predicted molar refractivity (Wildman–Crippen MR) is 127 cm³/mol.